The van der Waals surface area contributed by atoms with Crippen molar-refractivity contribution < 1.29 is 4.39 Å². The maximum atomic E-state index is 14.4. The van der Waals surface area contributed by atoms with Gasteiger partial charge in [0.1, 0.15) is 5.82 Å². The van der Waals surface area contributed by atoms with Gasteiger partial charge < -0.3 is 5.73 Å². The third-order valence-corrected chi connectivity index (χ3v) is 5.13. The van der Waals surface area contributed by atoms with Crippen molar-refractivity contribution in [2.75, 3.05) is 13.1 Å². The van der Waals surface area contributed by atoms with Crippen molar-refractivity contribution in [3.8, 4) is 0 Å². The van der Waals surface area contributed by atoms with Crippen LogP contribution < -0.4 is 5.73 Å². The summed E-state index contributed by atoms with van der Waals surface area (Å²) in [6.45, 7) is 1.72. The van der Waals surface area contributed by atoms with E-state index in [0.29, 0.717) is 18.5 Å². The Morgan fingerprint density at radius 1 is 1.25 bits per heavy atom. The van der Waals surface area contributed by atoms with Gasteiger partial charge in [0.05, 0.1) is 0 Å². The van der Waals surface area contributed by atoms with Gasteiger partial charge in [-0.1, -0.05) is 22.4 Å². The molecule has 0 amide bonds. The van der Waals surface area contributed by atoms with Crippen molar-refractivity contribution in [2.45, 2.75) is 44.2 Å². The standard InChI is InChI=1S/C16H22BrFN2/c17-12-4-7-15(18)14(9-12)16-11(10-19)3-1-2-8-20(16)13-5-6-13/h4,7,9,11,13,16H,1-3,5-6,8,10,19H2. The lowest BCUT2D eigenvalue weighted by Crippen LogP contribution is -2.37. The zero-order valence-corrected chi connectivity index (χ0v) is 13.3. The molecule has 1 aliphatic carbocycles. The molecule has 0 spiro atoms. The number of nitrogens with two attached hydrogens (primary N) is 1. The number of benzene rings is 1. The van der Waals surface area contributed by atoms with Gasteiger partial charge in [0.2, 0.25) is 0 Å². The molecule has 1 aromatic rings. The molecule has 1 heterocycles. The molecule has 2 nitrogen and oxygen atoms in total. The lowest BCUT2D eigenvalue weighted by atomic mass is 9.89. The second-order valence-electron chi connectivity index (χ2n) is 6.07. The highest BCUT2D eigenvalue weighted by Crippen LogP contribution is 2.42. The predicted octanol–water partition coefficient (Wildman–Crippen LogP) is 3.85. The van der Waals surface area contributed by atoms with Crippen molar-refractivity contribution >= 4 is 15.9 Å². The lowest BCUT2D eigenvalue weighted by molar-refractivity contribution is 0.145. The van der Waals surface area contributed by atoms with Crippen molar-refractivity contribution in [3.05, 3.63) is 34.1 Å². The lowest BCUT2D eigenvalue weighted by Gasteiger charge is -2.35. The first-order valence-corrected chi connectivity index (χ1v) is 8.40. The SMILES string of the molecule is NCC1CCCCN(C2CC2)C1c1cc(Br)ccc1F. The van der Waals surface area contributed by atoms with Crippen LogP contribution in [0.5, 0.6) is 0 Å². The van der Waals surface area contributed by atoms with E-state index in [1.54, 1.807) is 12.1 Å². The Hall–Kier alpha value is -0.450. The molecule has 0 radical (unpaired) electrons. The summed E-state index contributed by atoms with van der Waals surface area (Å²) in [7, 11) is 0. The number of rotatable bonds is 3. The Bertz CT molecular complexity index is 476. The van der Waals surface area contributed by atoms with Crippen LogP contribution in [0.2, 0.25) is 0 Å². The van der Waals surface area contributed by atoms with E-state index in [0.717, 1.165) is 23.0 Å². The zero-order chi connectivity index (χ0) is 14.1. The molecule has 20 heavy (non-hydrogen) atoms. The van der Waals surface area contributed by atoms with Crippen LogP contribution in [0.25, 0.3) is 0 Å². The topological polar surface area (TPSA) is 29.3 Å². The van der Waals surface area contributed by atoms with Gasteiger partial charge in [0, 0.05) is 22.1 Å². The summed E-state index contributed by atoms with van der Waals surface area (Å²) in [6.07, 6.45) is 6.03. The quantitative estimate of drug-likeness (QED) is 0.905. The minimum atomic E-state index is -0.0933. The average Bonchev–Trinajstić information content (AvgIpc) is 3.26. The summed E-state index contributed by atoms with van der Waals surface area (Å²) in [5, 5.41) is 0. The molecule has 2 aliphatic rings. The van der Waals surface area contributed by atoms with E-state index >= 15 is 0 Å². The molecule has 0 bridgehead atoms. The second-order valence-corrected chi connectivity index (χ2v) is 6.99. The summed E-state index contributed by atoms with van der Waals surface area (Å²) in [5.74, 6) is 0.270. The molecule has 1 saturated carbocycles. The predicted molar refractivity (Wildman–Crippen MR) is 83.0 cm³/mol. The van der Waals surface area contributed by atoms with Crippen molar-refractivity contribution in [1.29, 1.82) is 0 Å². The van der Waals surface area contributed by atoms with Gasteiger partial charge in [-0.25, -0.2) is 4.39 Å². The molecule has 4 heteroatoms. The van der Waals surface area contributed by atoms with Crippen molar-refractivity contribution in [2.24, 2.45) is 11.7 Å². The molecule has 2 atom stereocenters. The third-order valence-electron chi connectivity index (χ3n) is 4.64. The maximum absolute atomic E-state index is 14.4. The largest absolute Gasteiger partial charge is 0.330 e. The van der Waals surface area contributed by atoms with Gasteiger partial charge in [0.15, 0.2) is 0 Å². The average molecular weight is 341 g/mol. The van der Waals surface area contributed by atoms with Crippen LogP contribution in [0.1, 0.15) is 43.7 Å². The van der Waals surface area contributed by atoms with E-state index in [-0.39, 0.29) is 11.9 Å². The fourth-order valence-corrected chi connectivity index (χ4v) is 3.88. The summed E-state index contributed by atoms with van der Waals surface area (Å²) in [5.41, 5.74) is 6.83. The van der Waals surface area contributed by atoms with E-state index in [2.05, 4.69) is 20.8 Å². The highest BCUT2D eigenvalue weighted by Gasteiger charge is 2.39. The molecule has 110 valence electrons. The van der Waals surface area contributed by atoms with Gasteiger partial charge in [-0.05, 0) is 62.9 Å². The summed E-state index contributed by atoms with van der Waals surface area (Å²) in [6, 6.07) is 6.08. The Kier molecular flexibility index (Phi) is 4.43. The Morgan fingerprint density at radius 3 is 2.75 bits per heavy atom. The first-order chi connectivity index (χ1) is 9.70. The van der Waals surface area contributed by atoms with Gasteiger partial charge in [0.25, 0.3) is 0 Å². The van der Waals surface area contributed by atoms with Crippen LogP contribution in [0.15, 0.2) is 22.7 Å². The second kappa shape index (κ2) is 6.12. The molecule has 1 saturated heterocycles. The number of likely N-dealkylation sites (tertiary alicyclic amines) is 1. The minimum Gasteiger partial charge on any atom is -0.330 e. The van der Waals surface area contributed by atoms with Crippen LogP contribution in [0, 0.1) is 11.7 Å². The summed E-state index contributed by atoms with van der Waals surface area (Å²) in [4.78, 5) is 2.52. The highest BCUT2D eigenvalue weighted by molar-refractivity contribution is 9.10. The van der Waals surface area contributed by atoms with E-state index in [1.165, 1.54) is 25.7 Å². The number of hydrogen-bond acceptors (Lipinski definition) is 2. The molecule has 1 aliphatic heterocycles. The van der Waals surface area contributed by atoms with Gasteiger partial charge in [-0.15, -0.1) is 0 Å². The smallest absolute Gasteiger partial charge is 0.128 e. The molecule has 3 rings (SSSR count). The van der Waals surface area contributed by atoms with Gasteiger partial charge >= 0.3 is 0 Å². The Balaban J connectivity index is 2.00. The van der Waals surface area contributed by atoms with E-state index in [1.807, 2.05) is 6.07 Å². The molecular formula is C16H22BrFN2. The van der Waals surface area contributed by atoms with E-state index in [4.69, 9.17) is 5.73 Å². The minimum absolute atomic E-state index is 0.0933. The van der Waals surface area contributed by atoms with Gasteiger partial charge in [-0.3, -0.25) is 4.90 Å². The van der Waals surface area contributed by atoms with E-state index in [9.17, 15) is 4.39 Å². The van der Waals surface area contributed by atoms with Crippen LogP contribution in [-0.4, -0.2) is 24.0 Å². The van der Waals surface area contributed by atoms with Crippen molar-refractivity contribution in [3.63, 3.8) is 0 Å². The van der Waals surface area contributed by atoms with Crippen molar-refractivity contribution in [1.82, 2.24) is 4.90 Å². The first kappa shape index (κ1) is 14.5. The first-order valence-electron chi connectivity index (χ1n) is 7.61. The van der Waals surface area contributed by atoms with Crippen LogP contribution >= 0.6 is 15.9 Å². The molecule has 2 unspecified atom stereocenters. The fourth-order valence-electron chi connectivity index (χ4n) is 3.51. The Labute approximate surface area is 128 Å². The normalized spacial score (nSPS) is 28.4. The molecule has 2 fully saturated rings. The molecule has 0 aromatic heterocycles. The molecule has 2 N–H and O–H groups in total. The molecular weight excluding hydrogens is 319 g/mol. The third kappa shape index (κ3) is 2.92. The van der Waals surface area contributed by atoms with Crippen LogP contribution in [0.4, 0.5) is 4.39 Å². The molecule has 1 aromatic carbocycles. The number of hydrogen-bond donors (Lipinski definition) is 1. The summed E-state index contributed by atoms with van der Waals surface area (Å²) < 4.78 is 15.3. The Morgan fingerprint density at radius 2 is 2.05 bits per heavy atom. The maximum Gasteiger partial charge on any atom is 0.128 e. The number of nitrogens with zero attached hydrogens (tertiary/aromatic N) is 1. The monoisotopic (exact) mass is 340 g/mol. The number of halogens is 2. The van der Waals surface area contributed by atoms with Crippen LogP contribution in [-0.2, 0) is 0 Å². The highest BCUT2D eigenvalue weighted by atomic mass is 79.9. The fraction of sp³-hybridized carbons (Fsp3) is 0.625. The zero-order valence-electron chi connectivity index (χ0n) is 11.7. The van der Waals surface area contributed by atoms with E-state index < -0.39 is 0 Å². The van der Waals surface area contributed by atoms with Crippen LogP contribution in [0.3, 0.4) is 0 Å². The van der Waals surface area contributed by atoms with Gasteiger partial charge in [-0.2, -0.15) is 0 Å². The summed E-state index contributed by atoms with van der Waals surface area (Å²) >= 11 is 3.48.